The molecule has 1 aliphatic heterocycles. The van der Waals surface area contributed by atoms with Crippen LogP contribution in [0.25, 0.3) is 0 Å². The zero-order valence-electron chi connectivity index (χ0n) is 14.2. The molecule has 2 heterocycles. The number of rotatable bonds is 4. The first-order valence-corrected chi connectivity index (χ1v) is 9.02. The van der Waals surface area contributed by atoms with Gasteiger partial charge in [-0.05, 0) is 33.6 Å². The predicted octanol–water partition coefficient (Wildman–Crippen LogP) is 0.570. The topological polar surface area (TPSA) is 116 Å². The van der Waals surface area contributed by atoms with Gasteiger partial charge in [0.25, 0.3) is 0 Å². The Kier molecular flexibility index (Phi) is 5.33. The highest BCUT2D eigenvalue weighted by Gasteiger charge is 2.35. The molecule has 0 bridgehead atoms. The maximum atomic E-state index is 12.7. The molecule has 1 amide bonds. The fourth-order valence-corrected chi connectivity index (χ4v) is 3.60. The van der Waals surface area contributed by atoms with Crippen LogP contribution in [0.3, 0.4) is 0 Å². The molecule has 136 valence electrons. The third kappa shape index (κ3) is 4.81. The Morgan fingerprint density at radius 3 is 2.54 bits per heavy atom. The maximum Gasteiger partial charge on any atom is 0.422 e. The third-order valence-electron chi connectivity index (χ3n) is 3.21. The number of nitrogens with zero attached hydrogens (tertiary/aromatic N) is 4. The summed E-state index contributed by atoms with van der Waals surface area (Å²) in [7, 11) is -2.61. The Bertz CT molecular complexity index is 675. The molecule has 1 fully saturated rings. The quantitative estimate of drug-likeness (QED) is 0.833. The van der Waals surface area contributed by atoms with Crippen LogP contribution >= 0.6 is 0 Å². The predicted molar refractivity (Wildman–Crippen MR) is 85.6 cm³/mol. The van der Waals surface area contributed by atoms with Crippen molar-refractivity contribution < 1.29 is 22.7 Å². The van der Waals surface area contributed by atoms with E-state index in [1.54, 1.807) is 27.8 Å². The zero-order chi connectivity index (χ0) is 18.0. The highest BCUT2D eigenvalue weighted by molar-refractivity contribution is 7.91. The van der Waals surface area contributed by atoms with Gasteiger partial charge in [0.05, 0.1) is 12.2 Å². The molecular weight excluding hydrogens is 338 g/mol. The fraction of sp³-hybridized carbons (Fsp3) is 0.769. The summed E-state index contributed by atoms with van der Waals surface area (Å²) in [4.78, 5) is 13.1. The number of amides is 1. The lowest BCUT2D eigenvalue weighted by Gasteiger charge is -2.33. The Hall–Kier alpha value is -1.88. The van der Waals surface area contributed by atoms with E-state index in [0.717, 1.165) is 4.31 Å². The SMILES string of the molecule is Cn1ncc(N(C2CCOCC2)S(=O)(=O)NC(=O)OC(C)(C)C)n1. The van der Waals surface area contributed by atoms with Crippen LogP contribution in [0.1, 0.15) is 33.6 Å². The number of carbonyl (C=O) groups excluding carboxylic acids is 1. The summed E-state index contributed by atoms with van der Waals surface area (Å²) in [6, 6.07) is -0.379. The lowest BCUT2D eigenvalue weighted by molar-refractivity contribution is 0.0569. The number of nitrogens with one attached hydrogen (secondary N) is 1. The Balaban J connectivity index is 2.26. The molecule has 0 spiro atoms. The molecule has 1 aliphatic rings. The Morgan fingerprint density at radius 1 is 1.42 bits per heavy atom. The van der Waals surface area contributed by atoms with Gasteiger partial charge in [-0.2, -0.15) is 18.3 Å². The van der Waals surface area contributed by atoms with Crippen LogP contribution in [-0.2, 0) is 26.7 Å². The van der Waals surface area contributed by atoms with Crippen molar-refractivity contribution in [1.29, 1.82) is 0 Å². The number of aromatic nitrogens is 3. The number of carbonyl (C=O) groups is 1. The van der Waals surface area contributed by atoms with Gasteiger partial charge >= 0.3 is 16.3 Å². The average molecular weight is 361 g/mol. The highest BCUT2D eigenvalue weighted by atomic mass is 32.2. The number of hydrogen-bond donors (Lipinski definition) is 1. The standard InChI is InChI=1S/C13H23N5O5S/c1-13(2,3)23-12(19)16-24(20,21)18(10-5-7-22-8-6-10)11-9-14-17(4)15-11/h9-10H,5-8H2,1-4H3,(H,16,19). The van der Waals surface area contributed by atoms with E-state index in [1.807, 2.05) is 4.72 Å². The summed E-state index contributed by atoms with van der Waals surface area (Å²) in [5.41, 5.74) is -0.810. The molecule has 2 rings (SSSR count). The second-order valence-electron chi connectivity index (χ2n) is 6.44. The van der Waals surface area contributed by atoms with Gasteiger partial charge in [0.2, 0.25) is 0 Å². The van der Waals surface area contributed by atoms with Crippen LogP contribution in [0, 0.1) is 0 Å². The van der Waals surface area contributed by atoms with E-state index < -0.39 is 21.9 Å². The van der Waals surface area contributed by atoms with E-state index in [9.17, 15) is 13.2 Å². The van der Waals surface area contributed by atoms with E-state index in [2.05, 4.69) is 10.2 Å². The van der Waals surface area contributed by atoms with Crippen molar-refractivity contribution in [3.05, 3.63) is 6.20 Å². The Labute approximate surface area is 141 Å². The third-order valence-corrected chi connectivity index (χ3v) is 4.63. The minimum atomic E-state index is -4.20. The molecule has 0 unspecified atom stereocenters. The summed E-state index contributed by atoms with van der Waals surface area (Å²) in [5.74, 6) is 0.139. The first kappa shape index (κ1) is 18.5. The lowest BCUT2D eigenvalue weighted by atomic mass is 10.1. The molecule has 0 aromatic carbocycles. The van der Waals surface area contributed by atoms with Crippen LogP contribution in [0.4, 0.5) is 10.6 Å². The molecule has 10 nitrogen and oxygen atoms in total. The lowest BCUT2D eigenvalue weighted by Crippen LogP contribution is -2.51. The molecule has 24 heavy (non-hydrogen) atoms. The van der Waals surface area contributed by atoms with Gasteiger partial charge < -0.3 is 9.47 Å². The van der Waals surface area contributed by atoms with E-state index in [4.69, 9.17) is 9.47 Å². The van der Waals surface area contributed by atoms with Gasteiger partial charge in [0, 0.05) is 20.3 Å². The van der Waals surface area contributed by atoms with E-state index in [0.29, 0.717) is 26.1 Å². The van der Waals surface area contributed by atoms with E-state index in [1.165, 1.54) is 11.0 Å². The van der Waals surface area contributed by atoms with Crippen LogP contribution < -0.4 is 9.03 Å². The number of hydrogen-bond acceptors (Lipinski definition) is 7. The molecule has 1 N–H and O–H groups in total. The van der Waals surface area contributed by atoms with Gasteiger partial charge in [0.1, 0.15) is 5.60 Å². The van der Waals surface area contributed by atoms with Crippen LogP contribution in [0.15, 0.2) is 6.20 Å². The maximum absolute atomic E-state index is 12.7. The largest absolute Gasteiger partial charge is 0.443 e. The van der Waals surface area contributed by atoms with Crippen molar-refractivity contribution in [3.8, 4) is 0 Å². The van der Waals surface area contributed by atoms with Crippen molar-refractivity contribution in [2.45, 2.75) is 45.3 Å². The smallest absolute Gasteiger partial charge is 0.422 e. The summed E-state index contributed by atoms with van der Waals surface area (Å²) in [6.07, 6.45) is 1.28. The van der Waals surface area contributed by atoms with Crippen molar-refractivity contribution in [3.63, 3.8) is 0 Å². The minimum Gasteiger partial charge on any atom is -0.443 e. The Morgan fingerprint density at radius 2 is 2.04 bits per heavy atom. The summed E-state index contributed by atoms with van der Waals surface area (Å²) in [6.45, 7) is 5.82. The molecule has 1 aromatic rings. The van der Waals surface area contributed by atoms with Crippen molar-refractivity contribution in [2.24, 2.45) is 7.05 Å². The van der Waals surface area contributed by atoms with Gasteiger partial charge in [-0.3, -0.25) is 0 Å². The van der Waals surface area contributed by atoms with Crippen LogP contribution in [0.2, 0.25) is 0 Å². The van der Waals surface area contributed by atoms with E-state index in [-0.39, 0.29) is 11.9 Å². The zero-order valence-corrected chi connectivity index (χ0v) is 15.0. The number of anilines is 1. The second-order valence-corrected chi connectivity index (χ2v) is 7.99. The van der Waals surface area contributed by atoms with Crippen LogP contribution in [0.5, 0.6) is 0 Å². The second kappa shape index (κ2) is 6.93. The molecule has 0 atom stereocenters. The molecule has 1 aromatic heterocycles. The number of ether oxygens (including phenoxy) is 2. The van der Waals surface area contributed by atoms with Crippen molar-refractivity contribution in [1.82, 2.24) is 19.7 Å². The normalized spacial score (nSPS) is 16.7. The minimum absolute atomic E-state index is 0.139. The van der Waals surface area contributed by atoms with Gasteiger partial charge in [-0.15, -0.1) is 5.10 Å². The first-order valence-electron chi connectivity index (χ1n) is 7.58. The molecular formula is C13H23N5O5S. The van der Waals surface area contributed by atoms with Crippen LogP contribution in [-0.4, -0.2) is 54.4 Å². The van der Waals surface area contributed by atoms with Gasteiger partial charge in [-0.25, -0.2) is 13.8 Å². The van der Waals surface area contributed by atoms with Gasteiger partial charge in [-0.1, -0.05) is 0 Å². The highest BCUT2D eigenvalue weighted by Crippen LogP contribution is 2.23. The average Bonchev–Trinajstić information content (AvgIpc) is 2.82. The molecule has 0 saturated carbocycles. The number of aryl methyl sites for hydroxylation is 1. The first-order chi connectivity index (χ1) is 11.1. The van der Waals surface area contributed by atoms with Crippen molar-refractivity contribution in [2.75, 3.05) is 17.5 Å². The summed E-state index contributed by atoms with van der Waals surface area (Å²) in [5, 5.41) is 7.96. The monoisotopic (exact) mass is 361 g/mol. The van der Waals surface area contributed by atoms with Crippen molar-refractivity contribution >= 4 is 22.1 Å². The summed E-state index contributed by atoms with van der Waals surface area (Å²) >= 11 is 0. The van der Waals surface area contributed by atoms with Gasteiger partial charge in [0.15, 0.2) is 5.82 Å². The van der Waals surface area contributed by atoms with E-state index >= 15 is 0 Å². The molecule has 1 saturated heterocycles. The molecule has 0 radical (unpaired) electrons. The molecule has 0 aliphatic carbocycles. The summed E-state index contributed by atoms with van der Waals surface area (Å²) < 4.78 is 38.8. The fourth-order valence-electron chi connectivity index (χ4n) is 2.32. The molecule has 11 heteroatoms.